The first-order valence-corrected chi connectivity index (χ1v) is 7.69. The van der Waals surface area contributed by atoms with Gasteiger partial charge in [0.05, 0.1) is 0 Å². The van der Waals surface area contributed by atoms with Crippen LogP contribution in [0.15, 0.2) is 48.5 Å². The Morgan fingerprint density at radius 2 is 1.64 bits per heavy atom. The minimum atomic E-state index is -0.229. The zero-order chi connectivity index (χ0) is 15.4. The maximum Gasteiger partial charge on any atom is 0.123 e. The number of nitrogens with zero attached hydrogens (tertiary/aromatic N) is 1. The average molecular weight is 300 g/mol. The van der Waals surface area contributed by atoms with Crippen molar-refractivity contribution < 1.29 is 9.13 Å². The molecule has 0 radical (unpaired) electrons. The lowest BCUT2D eigenvalue weighted by atomic mass is 10.1. The summed E-state index contributed by atoms with van der Waals surface area (Å²) in [4.78, 5) is 2.38. The van der Waals surface area contributed by atoms with Gasteiger partial charge in [-0.25, -0.2) is 4.39 Å². The van der Waals surface area contributed by atoms with Crippen molar-refractivity contribution in [2.45, 2.75) is 18.9 Å². The van der Waals surface area contributed by atoms with E-state index in [0.29, 0.717) is 0 Å². The van der Waals surface area contributed by atoms with E-state index >= 15 is 0 Å². The van der Waals surface area contributed by atoms with Crippen molar-refractivity contribution in [2.24, 2.45) is 0 Å². The number of nitrogens with one attached hydrogen (secondary N) is 1. The van der Waals surface area contributed by atoms with Crippen LogP contribution >= 0.6 is 0 Å². The Morgan fingerprint density at radius 1 is 1.00 bits per heavy atom. The monoisotopic (exact) mass is 300 g/mol. The number of hydrogen-bond donors (Lipinski definition) is 1. The minimum Gasteiger partial charge on any atom is -0.490 e. The fourth-order valence-electron chi connectivity index (χ4n) is 2.78. The Morgan fingerprint density at radius 3 is 2.23 bits per heavy atom. The van der Waals surface area contributed by atoms with Crippen LogP contribution in [-0.4, -0.2) is 26.2 Å². The molecule has 0 spiro atoms. The molecule has 0 atom stereocenters. The highest BCUT2D eigenvalue weighted by atomic mass is 19.1. The highest BCUT2D eigenvalue weighted by Crippen LogP contribution is 2.24. The molecule has 1 N–H and O–H groups in total. The second kappa shape index (κ2) is 6.69. The van der Waals surface area contributed by atoms with Crippen molar-refractivity contribution in [3.63, 3.8) is 0 Å². The summed E-state index contributed by atoms with van der Waals surface area (Å²) in [6.07, 6.45) is 2.16. The molecular weight excluding hydrogens is 279 g/mol. The first-order chi connectivity index (χ1) is 10.7. The molecule has 1 heterocycles. The SMILES string of the molecule is CNc1ccc(N2CCC(Oc3ccc(F)cc3)CC2)cc1. The van der Waals surface area contributed by atoms with Gasteiger partial charge in [-0.3, -0.25) is 0 Å². The van der Waals surface area contributed by atoms with Gasteiger partial charge in [-0.2, -0.15) is 0 Å². The molecular formula is C18H21FN2O. The van der Waals surface area contributed by atoms with Gasteiger partial charge < -0.3 is 15.0 Å². The zero-order valence-electron chi connectivity index (χ0n) is 12.8. The normalized spacial score (nSPS) is 15.6. The predicted octanol–water partition coefficient (Wildman–Crippen LogP) is 3.92. The third kappa shape index (κ3) is 3.50. The molecule has 116 valence electrons. The van der Waals surface area contributed by atoms with Gasteiger partial charge in [0.1, 0.15) is 17.7 Å². The van der Waals surface area contributed by atoms with Gasteiger partial charge in [0.25, 0.3) is 0 Å². The topological polar surface area (TPSA) is 24.5 Å². The molecule has 0 amide bonds. The van der Waals surface area contributed by atoms with Crippen LogP contribution in [0, 0.1) is 5.82 Å². The van der Waals surface area contributed by atoms with Gasteiger partial charge >= 0.3 is 0 Å². The number of anilines is 2. The molecule has 3 rings (SSSR count). The maximum atomic E-state index is 12.9. The fraction of sp³-hybridized carbons (Fsp3) is 0.333. The Hall–Kier alpha value is -2.23. The molecule has 0 bridgehead atoms. The van der Waals surface area contributed by atoms with E-state index in [2.05, 4.69) is 34.5 Å². The number of hydrogen-bond acceptors (Lipinski definition) is 3. The highest BCUT2D eigenvalue weighted by Gasteiger charge is 2.20. The Balaban J connectivity index is 1.54. The Bertz CT molecular complexity index is 589. The first-order valence-electron chi connectivity index (χ1n) is 7.69. The van der Waals surface area contributed by atoms with Gasteiger partial charge in [-0.05, 0) is 48.5 Å². The summed E-state index contributed by atoms with van der Waals surface area (Å²) in [5, 5.41) is 3.13. The number of piperidine rings is 1. The summed E-state index contributed by atoms with van der Waals surface area (Å²) >= 11 is 0. The van der Waals surface area contributed by atoms with Crippen molar-refractivity contribution in [3.05, 3.63) is 54.3 Å². The van der Waals surface area contributed by atoms with Gasteiger partial charge in [-0.15, -0.1) is 0 Å². The Kier molecular flexibility index (Phi) is 4.47. The smallest absolute Gasteiger partial charge is 0.123 e. The van der Waals surface area contributed by atoms with Crippen LogP contribution in [0.4, 0.5) is 15.8 Å². The summed E-state index contributed by atoms with van der Waals surface area (Å²) in [7, 11) is 1.92. The molecule has 2 aromatic rings. The molecule has 1 aliphatic rings. The summed E-state index contributed by atoms with van der Waals surface area (Å²) in [6, 6.07) is 14.7. The van der Waals surface area contributed by atoms with Crippen LogP contribution in [0.3, 0.4) is 0 Å². The van der Waals surface area contributed by atoms with E-state index in [4.69, 9.17) is 4.74 Å². The number of ether oxygens (including phenoxy) is 1. The molecule has 0 saturated carbocycles. The van der Waals surface area contributed by atoms with E-state index in [1.54, 1.807) is 12.1 Å². The molecule has 22 heavy (non-hydrogen) atoms. The molecule has 4 heteroatoms. The van der Waals surface area contributed by atoms with E-state index in [1.165, 1.54) is 17.8 Å². The number of benzene rings is 2. The molecule has 2 aromatic carbocycles. The van der Waals surface area contributed by atoms with Crippen molar-refractivity contribution in [1.29, 1.82) is 0 Å². The molecule has 0 aliphatic carbocycles. The van der Waals surface area contributed by atoms with Crippen LogP contribution in [0.2, 0.25) is 0 Å². The quantitative estimate of drug-likeness (QED) is 0.926. The lowest BCUT2D eigenvalue weighted by Crippen LogP contribution is -2.38. The van der Waals surface area contributed by atoms with Crippen LogP contribution in [0.25, 0.3) is 0 Å². The van der Waals surface area contributed by atoms with E-state index in [1.807, 2.05) is 7.05 Å². The third-order valence-electron chi connectivity index (χ3n) is 4.08. The molecule has 1 saturated heterocycles. The maximum absolute atomic E-state index is 12.9. The van der Waals surface area contributed by atoms with E-state index in [9.17, 15) is 4.39 Å². The highest BCUT2D eigenvalue weighted by molar-refractivity contribution is 5.55. The standard InChI is InChI=1S/C18H21FN2O/c1-20-15-4-6-16(7-5-15)21-12-10-18(11-13-21)22-17-8-2-14(19)3-9-17/h2-9,18,20H,10-13H2,1H3. The summed E-state index contributed by atoms with van der Waals surface area (Å²) in [6.45, 7) is 1.95. The van der Waals surface area contributed by atoms with Crippen molar-refractivity contribution in [2.75, 3.05) is 30.4 Å². The lowest BCUT2D eigenvalue weighted by Gasteiger charge is -2.33. The van der Waals surface area contributed by atoms with Gasteiger partial charge in [0.2, 0.25) is 0 Å². The number of rotatable bonds is 4. The average Bonchev–Trinajstić information content (AvgIpc) is 2.58. The van der Waals surface area contributed by atoms with Crippen LogP contribution in [0.5, 0.6) is 5.75 Å². The summed E-state index contributed by atoms with van der Waals surface area (Å²) in [5.41, 5.74) is 2.37. The molecule has 1 aliphatic heterocycles. The molecule has 3 nitrogen and oxygen atoms in total. The second-order valence-corrected chi connectivity index (χ2v) is 5.56. The largest absolute Gasteiger partial charge is 0.490 e. The Labute approximate surface area is 130 Å². The van der Waals surface area contributed by atoms with Gasteiger partial charge in [0, 0.05) is 44.4 Å². The lowest BCUT2D eigenvalue weighted by molar-refractivity contribution is 0.171. The van der Waals surface area contributed by atoms with Crippen molar-refractivity contribution in [3.8, 4) is 5.75 Å². The summed E-state index contributed by atoms with van der Waals surface area (Å²) in [5.74, 6) is 0.519. The molecule has 1 fully saturated rings. The third-order valence-corrected chi connectivity index (χ3v) is 4.08. The predicted molar refractivity (Wildman–Crippen MR) is 88.3 cm³/mol. The molecule has 0 unspecified atom stereocenters. The minimum absolute atomic E-state index is 0.207. The van der Waals surface area contributed by atoms with Crippen molar-refractivity contribution in [1.82, 2.24) is 0 Å². The second-order valence-electron chi connectivity index (χ2n) is 5.56. The van der Waals surface area contributed by atoms with Crippen LogP contribution < -0.4 is 15.0 Å². The van der Waals surface area contributed by atoms with E-state index < -0.39 is 0 Å². The van der Waals surface area contributed by atoms with E-state index in [0.717, 1.165) is 37.4 Å². The van der Waals surface area contributed by atoms with Gasteiger partial charge in [0.15, 0.2) is 0 Å². The van der Waals surface area contributed by atoms with Crippen LogP contribution in [0.1, 0.15) is 12.8 Å². The zero-order valence-corrected chi connectivity index (χ0v) is 12.8. The van der Waals surface area contributed by atoms with Gasteiger partial charge in [-0.1, -0.05) is 0 Å². The first kappa shape index (κ1) is 14.7. The van der Waals surface area contributed by atoms with Crippen molar-refractivity contribution >= 4 is 11.4 Å². The summed E-state index contributed by atoms with van der Waals surface area (Å²) < 4.78 is 18.8. The fourth-order valence-corrected chi connectivity index (χ4v) is 2.78. The number of halogens is 1. The molecule has 0 aromatic heterocycles. The van der Waals surface area contributed by atoms with E-state index in [-0.39, 0.29) is 11.9 Å². The van der Waals surface area contributed by atoms with Crippen LogP contribution in [-0.2, 0) is 0 Å².